The maximum absolute atomic E-state index is 12.8. The number of rotatable bonds is 3. The van der Waals surface area contributed by atoms with Crippen molar-refractivity contribution >= 4 is 5.91 Å². The molecule has 0 bridgehead atoms. The van der Waals surface area contributed by atoms with Gasteiger partial charge in [-0.3, -0.25) is 9.48 Å². The van der Waals surface area contributed by atoms with Crippen molar-refractivity contribution < 1.29 is 9.90 Å². The van der Waals surface area contributed by atoms with E-state index in [-0.39, 0.29) is 11.9 Å². The van der Waals surface area contributed by atoms with Crippen LogP contribution in [0.1, 0.15) is 27.9 Å². The Balaban J connectivity index is 1.82. The van der Waals surface area contributed by atoms with Gasteiger partial charge in [-0.15, -0.1) is 0 Å². The van der Waals surface area contributed by atoms with E-state index in [1.807, 2.05) is 19.3 Å². The molecule has 0 aliphatic carbocycles. The lowest BCUT2D eigenvalue weighted by Crippen LogP contribution is -2.41. The fraction of sp³-hybridized carbons (Fsp3) is 0.353. The summed E-state index contributed by atoms with van der Waals surface area (Å²) in [4.78, 5) is 14.5. The van der Waals surface area contributed by atoms with Crippen LogP contribution in [0.5, 0.6) is 0 Å². The number of nitrogens with zero attached hydrogens (tertiary/aromatic N) is 4. The number of carbonyl (C=O) groups is 1. The first-order valence-electron chi connectivity index (χ1n) is 7.55. The van der Waals surface area contributed by atoms with E-state index in [1.165, 1.54) is 0 Å². The molecule has 1 aromatic heterocycles. The van der Waals surface area contributed by atoms with Crippen molar-refractivity contribution in [3.05, 3.63) is 53.3 Å². The van der Waals surface area contributed by atoms with Gasteiger partial charge in [-0.25, -0.2) is 0 Å². The van der Waals surface area contributed by atoms with E-state index in [0.29, 0.717) is 30.5 Å². The van der Waals surface area contributed by atoms with Gasteiger partial charge in [0.25, 0.3) is 5.91 Å². The molecule has 3 rings (SSSR count). The first-order chi connectivity index (χ1) is 11.1. The summed E-state index contributed by atoms with van der Waals surface area (Å²) in [6.07, 6.45) is 4.24. The number of aromatic nitrogens is 2. The van der Waals surface area contributed by atoms with E-state index < -0.39 is 6.10 Å². The van der Waals surface area contributed by atoms with Crippen LogP contribution in [-0.2, 0) is 13.5 Å². The summed E-state index contributed by atoms with van der Waals surface area (Å²) in [5, 5.41) is 23.4. The van der Waals surface area contributed by atoms with E-state index in [1.54, 1.807) is 40.0 Å². The Hall–Kier alpha value is -2.65. The third-order valence-corrected chi connectivity index (χ3v) is 4.21. The van der Waals surface area contributed by atoms with Crippen LogP contribution >= 0.6 is 0 Å². The number of likely N-dealkylation sites (tertiary alicyclic amines) is 1. The molecule has 2 heterocycles. The molecule has 0 unspecified atom stereocenters. The molecule has 1 N–H and O–H groups in total. The largest absolute Gasteiger partial charge is 0.391 e. The average Bonchev–Trinajstić information content (AvgIpc) is 3.14. The van der Waals surface area contributed by atoms with Crippen LogP contribution in [0.4, 0.5) is 0 Å². The molecule has 2 atom stereocenters. The van der Waals surface area contributed by atoms with Gasteiger partial charge in [0, 0.05) is 25.4 Å². The summed E-state index contributed by atoms with van der Waals surface area (Å²) in [6.45, 7) is 0.516. The van der Waals surface area contributed by atoms with Gasteiger partial charge in [0.15, 0.2) is 0 Å². The van der Waals surface area contributed by atoms with Gasteiger partial charge in [0.2, 0.25) is 0 Å². The third kappa shape index (κ3) is 3.10. The van der Waals surface area contributed by atoms with Gasteiger partial charge in [-0.2, -0.15) is 10.4 Å². The highest BCUT2D eigenvalue weighted by Gasteiger charge is 2.36. The number of nitriles is 1. The van der Waals surface area contributed by atoms with Crippen LogP contribution in [0.2, 0.25) is 0 Å². The van der Waals surface area contributed by atoms with E-state index in [0.717, 1.165) is 5.56 Å². The van der Waals surface area contributed by atoms with Gasteiger partial charge in [0.1, 0.15) is 0 Å². The lowest BCUT2D eigenvalue weighted by molar-refractivity contribution is 0.0640. The molecule has 118 valence electrons. The lowest BCUT2D eigenvalue weighted by atomic mass is 10.0. The minimum Gasteiger partial charge on any atom is -0.391 e. The monoisotopic (exact) mass is 310 g/mol. The average molecular weight is 310 g/mol. The van der Waals surface area contributed by atoms with Gasteiger partial charge < -0.3 is 10.0 Å². The molecule has 1 aromatic carbocycles. The van der Waals surface area contributed by atoms with Crippen molar-refractivity contribution in [2.75, 3.05) is 6.54 Å². The molecule has 6 nitrogen and oxygen atoms in total. The molecular weight excluding hydrogens is 292 g/mol. The molecule has 23 heavy (non-hydrogen) atoms. The smallest absolute Gasteiger partial charge is 0.254 e. The minimum atomic E-state index is -0.543. The Labute approximate surface area is 134 Å². The predicted octanol–water partition coefficient (Wildman–Crippen LogP) is 1.11. The topological polar surface area (TPSA) is 82.1 Å². The Bertz CT molecular complexity index is 762. The van der Waals surface area contributed by atoms with Crippen LogP contribution < -0.4 is 0 Å². The zero-order chi connectivity index (χ0) is 16.4. The lowest BCUT2D eigenvalue weighted by Gasteiger charge is -2.26. The van der Waals surface area contributed by atoms with Crippen molar-refractivity contribution in [3.8, 4) is 6.07 Å². The van der Waals surface area contributed by atoms with E-state index in [4.69, 9.17) is 5.26 Å². The molecule has 0 spiro atoms. The zero-order valence-corrected chi connectivity index (χ0v) is 12.9. The van der Waals surface area contributed by atoms with E-state index >= 15 is 0 Å². The first kappa shape index (κ1) is 15.3. The first-order valence-corrected chi connectivity index (χ1v) is 7.55. The number of amides is 1. The zero-order valence-electron chi connectivity index (χ0n) is 12.9. The van der Waals surface area contributed by atoms with Crippen LogP contribution in [0.3, 0.4) is 0 Å². The Morgan fingerprint density at radius 3 is 3.04 bits per heavy atom. The second kappa shape index (κ2) is 6.23. The molecule has 1 aliphatic heterocycles. The van der Waals surface area contributed by atoms with Crippen LogP contribution in [0.15, 0.2) is 36.7 Å². The fourth-order valence-corrected chi connectivity index (χ4v) is 3.04. The van der Waals surface area contributed by atoms with Crippen molar-refractivity contribution in [2.45, 2.75) is 25.0 Å². The summed E-state index contributed by atoms with van der Waals surface area (Å²) in [5.74, 6) is -0.146. The highest BCUT2D eigenvalue weighted by atomic mass is 16.3. The number of aliphatic hydroxyl groups is 1. The minimum absolute atomic E-state index is 0.146. The molecule has 2 aromatic rings. The molecule has 0 saturated carbocycles. The second-order valence-electron chi connectivity index (χ2n) is 5.84. The number of hydrogen-bond acceptors (Lipinski definition) is 4. The number of aliphatic hydroxyl groups excluding tert-OH is 1. The van der Waals surface area contributed by atoms with Crippen molar-refractivity contribution in [2.24, 2.45) is 7.05 Å². The van der Waals surface area contributed by atoms with Crippen molar-refractivity contribution in [1.82, 2.24) is 14.7 Å². The predicted molar refractivity (Wildman–Crippen MR) is 83.5 cm³/mol. The van der Waals surface area contributed by atoms with Crippen molar-refractivity contribution in [3.63, 3.8) is 0 Å². The summed E-state index contributed by atoms with van der Waals surface area (Å²) >= 11 is 0. The summed E-state index contributed by atoms with van der Waals surface area (Å²) in [5.41, 5.74) is 1.93. The molecule has 1 fully saturated rings. The second-order valence-corrected chi connectivity index (χ2v) is 5.84. The normalized spacial score (nSPS) is 20.5. The SMILES string of the molecule is Cn1cc(C[C@@H]2[C@H](O)CCN2C(=O)c2cccc(C#N)c2)cn1. The van der Waals surface area contributed by atoms with Crippen LogP contribution in [0.25, 0.3) is 0 Å². The Morgan fingerprint density at radius 2 is 2.35 bits per heavy atom. The highest BCUT2D eigenvalue weighted by Crippen LogP contribution is 2.24. The Morgan fingerprint density at radius 1 is 1.52 bits per heavy atom. The van der Waals surface area contributed by atoms with Gasteiger partial charge in [-0.1, -0.05) is 6.07 Å². The molecule has 1 amide bonds. The summed E-state index contributed by atoms with van der Waals surface area (Å²) < 4.78 is 1.71. The molecule has 1 aliphatic rings. The fourth-order valence-electron chi connectivity index (χ4n) is 3.04. The number of aryl methyl sites for hydroxylation is 1. The quantitative estimate of drug-likeness (QED) is 0.920. The maximum Gasteiger partial charge on any atom is 0.254 e. The molecule has 1 saturated heterocycles. The van der Waals surface area contributed by atoms with Gasteiger partial charge in [-0.05, 0) is 36.6 Å². The maximum atomic E-state index is 12.8. The number of carbonyl (C=O) groups excluding carboxylic acids is 1. The van der Waals surface area contributed by atoms with Gasteiger partial charge >= 0.3 is 0 Å². The summed E-state index contributed by atoms with van der Waals surface area (Å²) in [7, 11) is 1.84. The van der Waals surface area contributed by atoms with Crippen LogP contribution in [0, 0.1) is 11.3 Å². The summed E-state index contributed by atoms with van der Waals surface area (Å²) in [6, 6.07) is 8.44. The third-order valence-electron chi connectivity index (χ3n) is 4.21. The Kier molecular flexibility index (Phi) is 4.13. The van der Waals surface area contributed by atoms with E-state index in [9.17, 15) is 9.90 Å². The molecule has 0 radical (unpaired) electrons. The standard InChI is InChI=1S/C17H18N4O2/c1-20-11-13(10-19-20)8-15-16(22)5-6-21(15)17(23)14-4-2-3-12(7-14)9-18/h2-4,7,10-11,15-16,22H,5-6,8H2,1H3/t15-,16-/m1/s1. The van der Waals surface area contributed by atoms with Gasteiger partial charge in [0.05, 0.1) is 30.0 Å². The number of hydrogen-bond donors (Lipinski definition) is 1. The van der Waals surface area contributed by atoms with Crippen LogP contribution in [-0.4, -0.2) is 44.4 Å². The number of benzene rings is 1. The van der Waals surface area contributed by atoms with Crippen molar-refractivity contribution in [1.29, 1.82) is 5.26 Å². The molecule has 6 heteroatoms. The molecular formula is C17H18N4O2. The highest BCUT2D eigenvalue weighted by molar-refractivity contribution is 5.95. The van der Waals surface area contributed by atoms with E-state index in [2.05, 4.69) is 5.10 Å².